The molecule has 0 radical (unpaired) electrons. The van der Waals surface area contributed by atoms with Crippen LogP contribution in [0, 0.1) is 12.8 Å². The van der Waals surface area contributed by atoms with Crippen LogP contribution < -0.4 is 0 Å². The number of unbranched alkanes of at least 4 members (excludes halogenated alkanes) is 1. The van der Waals surface area contributed by atoms with Gasteiger partial charge in [0.15, 0.2) is 0 Å². The molecule has 2 aliphatic carbocycles. The molecule has 3 aliphatic rings. The molecule has 1 aromatic heterocycles. The summed E-state index contributed by atoms with van der Waals surface area (Å²) in [6.07, 6.45) is 40.3. The summed E-state index contributed by atoms with van der Waals surface area (Å²) in [4.78, 5) is 0. The molecule has 63 heavy (non-hydrogen) atoms. The largest absolute Gasteiger partial charge is 0.309 e. The molecule has 1 spiro atoms. The number of nitrogens with zero attached hydrogens (tertiary/aromatic N) is 1. The van der Waals surface area contributed by atoms with E-state index < -0.39 is 0 Å². The molecule has 3 aromatic carbocycles. The summed E-state index contributed by atoms with van der Waals surface area (Å²) < 4.78 is 2.47. The summed E-state index contributed by atoms with van der Waals surface area (Å²) in [5.41, 5.74) is 10.8. The number of allylic oxidation sites excluding steroid dienone is 16. The smallest absolute Gasteiger partial charge is 0.0699 e. The molecule has 0 saturated heterocycles. The summed E-state index contributed by atoms with van der Waals surface area (Å²) in [5.74, 6) is 0. The van der Waals surface area contributed by atoms with Crippen molar-refractivity contribution in [3.8, 4) is 18.5 Å². The summed E-state index contributed by atoms with van der Waals surface area (Å²) in [6.45, 7) is 36.1. The van der Waals surface area contributed by atoms with Crippen molar-refractivity contribution in [1.29, 1.82) is 0 Å². The molecule has 2 heterocycles. The van der Waals surface area contributed by atoms with Crippen LogP contribution in [0.3, 0.4) is 0 Å². The maximum absolute atomic E-state index is 5.97. The first-order valence-electron chi connectivity index (χ1n) is 23.0. The maximum Gasteiger partial charge on any atom is 0.0699 e. The number of terminal acetylenes is 1. The Morgan fingerprint density at radius 3 is 1.94 bits per heavy atom. The molecular weight excluding hydrogens is 806 g/mol. The van der Waals surface area contributed by atoms with Crippen LogP contribution in [0.25, 0.3) is 27.5 Å². The minimum Gasteiger partial charge on any atom is -0.309 e. The lowest BCUT2D eigenvalue weighted by Crippen LogP contribution is -2.33. The predicted octanol–water partition coefficient (Wildman–Crippen LogP) is 19.9. The molecule has 4 aromatic rings. The van der Waals surface area contributed by atoms with Gasteiger partial charge in [-0.2, -0.15) is 0 Å². The van der Waals surface area contributed by atoms with Gasteiger partial charge in [0.2, 0.25) is 0 Å². The summed E-state index contributed by atoms with van der Waals surface area (Å²) in [5, 5.41) is 3.62. The van der Waals surface area contributed by atoms with Crippen LogP contribution in [0.1, 0.15) is 132 Å². The van der Waals surface area contributed by atoms with E-state index in [1.807, 2.05) is 84.9 Å². The molecule has 0 N–H and O–H groups in total. The first-order valence-corrected chi connectivity index (χ1v) is 23.8. The van der Waals surface area contributed by atoms with Crippen molar-refractivity contribution in [2.45, 2.75) is 132 Å². The Morgan fingerprint density at radius 2 is 1.33 bits per heavy atom. The van der Waals surface area contributed by atoms with E-state index in [0.29, 0.717) is 0 Å². The highest BCUT2D eigenvalue weighted by atomic mass is 35.5. The summed E-state index contributed by atoms with van der Waals surface area (Å²) in [7, 11) is 0. The van der Waals surface area contributed by atoms with Crippen LogP contribution >= 0.6 is 23.2 Å². The van der Waals surface area contributed by atoms with Gasteiger partial charge in [-0.1, -0.05) is 218 Å². The van der Waals surface area contributed by atoms with Crippen LogP contribution in [-0.4, -0.2) is 9.94 Å². The predicted molar refractivity (Wildman–Crippen MR) is 293 cm³/mol. The number of aromatic nitrogens is 1. The molecule has 1 atom stereocenters. The number of hydrogen-bond donors (Lipinski definition) is 0. The average Bonchev–Trinajstić information content (AvgIpc) is 3.87. The van der Waals surface area contributed by atoms with Crippen molar-refractivity contribution in [2.24, 2.45) is 0 Å². The number of rotatable bonds is 7. The normalized spacial score (nSPS) is 15.8. The van der Waals surface area contributed by atoms with Crippen LogP contribution in [0.15, 0.2) is 188 Å². The number of alkyl halides is 1. The van der Waals surface area contributed by atoms with E-state index in [-0.39, 0.29) is 10.8 Å². The fraction of sp³-hybridized carbons (Fsp3) is 0.333. The van der Waals surface area contributed by atoms with E-state index in [1.54, 1.807) is 0 Å². The number of para-hydroxylation sites is 3. The van der Waals surface area contributed by atoms with Crippen LogP contribution in [-0.2, 0) is 5.41 Å². The third-order valence-corrected chi connectivity index (χ3v) is 10.4. The highest BCUT2D eigenvalue weighted by Crippen LogP contribution is 2.55. The molecule has 0 bridgehead atoms. The topological polar surface area (TPSA) is 4.93 Å². The van der Waals surface area contributed by atoms with Gasteiger partial charge >= 0.3 is 0 Å². The Kier molecular flexibility index (Phi) is 34.8. The standard InChI is InChI=1S/C25H19N.C12H15Cl.C10H15Cl.C3H8.3C2H6.C2H4.C2H2/c1-16-14-15-17(2)25(16)20-10-4-6-13-23(20)26-22-12-5-3-8-18(22)19-9-7-11-21(25)24(19)26;1-2-6-11-7-3-4-9-12(13)10-5-8-11;1-3-5-6-7-8-9-10(11)4-2;1-3-2;5*1-2/h3-15H,1-2H3;2,4-5,8-10,12H,1,3,6-7H2;3-4,7-8H,1,5-6,9H2,2H3;3H2,1-2H3;3*1-2H3;1-2H2;1-2H/b;9-4-,10-5?,11-8-;8-7-,10-4+;;;;;;. The first kappa shape index (κ1) is 60.1. The molecule has 1 nitrogen and oxygen atoms in total. The first-order chi connectivity index (χ1) is 30.8. The molecule has 340 valence electrons. The SMILES string of the molecule is C#C.C=C.C=CC/C1=C/C=CC(Cl)/C=C\CC1.C=CCC/C=C\C/C(Cl)=C\C.CC.CC.CC.CC1=CC=C(C)C12c1ccccc1-n1c3ccccc3c3cccc2c31.CCC. The van der Waals surface area contributed by atoms with Gasteiger partial charge in [0, 0.05) is 22.2 Å². The zero-order chi connectivity index (χ0) is 48.2. The Morgan fingerprint density at radius 1 is 0.762 bits per heavy atom. The van der Waals surface area contributed by atoms with Crippen molar-refractivity contribution in [2.75, 3.05) is 0 Å². The Hall–Kier alpha value is -5.00. The second-order valence-electron chi connectivity index (χ2n) is 13.6. The van der Waals surface area contributed by atoms with Crippen LogP contribution in [0.4, 0.5) is 0 Å². The lowest BCUT2D eigenvalue weighted by Gasteiger charge is -2.40. The summed E-state index contributed by atoms with van der Waals surface area (Å²) in [6, 6.07) is 24.5. The van der Waals surface area contributed by atoms with Crippen molar-refractivity contribution >= 4 is 45.0 Å². The van der Waals surface area contributed by atoms with Gasteiger partial charge in [0.25, 0.3) is 0 Å². The number of fused-ring (bicyclic) bond motifs is 7. The van der Waals surface area contributed by atoms with E-state index in [2.05, 4.69) is 175 Å². The molecule has 7 rings (SSSR count). The van der Waals surface area contributed by atoms with Crippen LogP contribution in [0.5, 0.6) is 0 Å². The van der Waals surface area contributed by atoms with Crippen molar-refractivity contribution in [3.05, 3.63) is 199 Å². The highest BCUT2D eigenvalue weighted by Gasteiger charge is 2.46. The van der Waals surface area contributed by atoms with E-state index in [9.17, 15) is 0 Å². The third kappa shape index (κ3) is 16.9. The molecule has 1 aliphatic heterocycles. The Bertz CT molecular complexity index is 2120. The maximum atomic E-state index is 5.97. The highest BCUT2D eigenvalue weighted by molar-refractivity contribution is 6.29. The zero-order valence-electron chi connectivity index (χ0n) is 41.0. The molecule has 0 saturated carbocycles. The second-order valence-corrected chi connectivity index (χ2v) is 14.6. The lowest BCUT2D eigenvalue weighted by atomic mass is 9.65. The van der Waals surface area contributed by atoms with Crippen molar-refractivity contribution in [3.63, 3.8) is 0 Å². The fourth-order valence-electron chi connectivity index (χ4n) is 7.30. The van der Waals surface area contributed by atoms with E-state index in [0.717, 1.165) is 43.6 Å². The monoisotopic (exact) mass is 886 g/mol. The minimum absolute atomic E-state index is 0.0410. The van der Waals surface area contributed by atoms with Crippen LogP contribution in [0.2, 0.25) is 0 Å². The lowest BCUT2D eigenvalue weighted by molar-refractivity contribution is 0.706. The zero-order valence-corrected chi connectivity index (χ0v) is 42.5. The van der Waals surface area contributed by atoms with Gasteiger partial charge in [0.1, 0.15) is 0 Å². The van der Waals surface area contributed by atoms with E-state index in [1.165, 1.54) is 61.8 Å². The molecule has 0 amide bonds. The van der Waals surface area contributed by atoms with Gasteiger partial charge < -0.3 is 4.57 Å². The number of benzene rings is 3. The van der Waals surface area contributed by atoms with E-state index in [4.69, 9.17) is 23.2 Å². The van der Waals surface area contributed by atoms with E-state index >= 15 is 0 Å². The van der Waals surface area contributed by atoms with Gasteiger partial charge in [-0.05, 0) is 76.1 Å². The van der Waals surface area contributed by atoms with Gasteiger partial charge in [-0.25, -0.2) is 0 Å². The minimum atomic E-state index is -0.138. The average molecular weight is 887 g/mol. The van der Waals surface area contributed by atoms with Gasteiger partial charge in [0.05, 0.1) is 27.5 Å². The molecule has 0 fully saturated rings. The molecule has 3 heteroatoms. The van der Waals surface area contributed by atoms with Crippen molar-refractivity contribution in [1.82, 2.24) is 4.57 Å². The molecule has 1 unspecified atom stereocenters. The second kappa shape index (κ2) is 36.5. The van der Waals surface area contributed by atoms with Crippen molar-refractivity contribution < 1.29 is 0 Å². The van der Waals surface area contributed by atoms with Gasteiger partial charge in [-0.3, -0.25) is 0 Å². The summed E-state index contributed by atoms with van der Waals surface area (Å²) >= 11 is 11.7. The number of halogens is 2. The Balaban J connectivity index is 0. The number of hydrogen-bond acceptors (Lipinski definition) is 0. The molecular formula is C60H81Cl2N. The van der Waals surface area contributed by atoms with Gasteiger partial charge in [-0.15, -0.1) is 50.8 Å². The fourth-order valence-corrected chi connectivity index (χ4v) is 7.58. The third-order valence-electron chi connectivity index (χ3n) is 9.73. The Labute approximate surface area is 396 Å². The quantitative estimate of drug-likeness (QED) is 0.0754.